The van der Waals surface area contributed by atoms with E-state index < -0.39 is 6.10 Å². The van der Waals surface area contributed by atoms with Crippen molar-refractivity contribution in [1.29, 1.82) is 0 Å². The molecule has 2 unspecified atom stereocenters. The van der Waals surface area contributed by atoms with Crippen LogP contribution in [-0.2, 0) is 6.42 Å². The number of nitrogens with zero attached hydrogens (tertiary/aromatic N) is 1. The third kappa shape index (κ3) is 4.79. The highest BCUT2D eigenvalue weighted by molar-refractivity contribution is 6.07. The number of phenols is 3. The number of fused-ring (bicyclic) bond motifs is 4. The van der Waals surface area contributed by atoms with Crippen LogP contribution in [0.4, 0.5) is 0 Å². The Balaban J connectivity index is 1.51. The normalized spacial score (nSPS) is 15.6. The van der Waals surface area contributed by atoms with E-state index in [2.05, 4.69) is 37.0 Å². The second-order valence-electron chi connectivity index (χ2n) is 11.5. The van der Waals surface area contributed by atoms with Crippen molar-refractivity contribution >= 4 is 27.5 Å². The predicted molar refractivity (Wildman–Crippen MR) is 164 cm³/mol. The molecule has 7 nitrogen and oxygen atoms in total. The fourth-order valence-corrected chi connectivity index (χ4v) is 6.24. The van der Waals surface area contributed by atoms with Gasteiger partial charge in [0.1, 0.15) is 24.0 Å². The number of aromatic hydroxyl groups is 3. The average molecular weight is 566 g/mol. The summed E-state index contributed by atoms with van der Waals surface area (Å²) in [5.74, 6) is -0.103. The summed E-state index contributed by atoms with van der Waals surface area (Å²) in [6, 6.07) is 19.0. The quantitative estimate of drug-likeness (QED) is 0.171. The molecule has 0 radical (unpaired) electrons. The summed E-state index contributed by atoms with van der Waals surface area (Å²) < 4.78 is 12.0. The number of phenolic OH excluding ortho intramolecular Hbond substituents is 3. The van der Waals surface area contributed by atoms with Crippen molar-refractivity contribution in [3.8, 4) is 28.7 Å². The molecule has 0 amide bonds. The number of hydrogen-bond donors (Lipinski definition) is 3. The number of rotatable bonds is 8. The van der Waals surface area contributed by atoms with Crippen molar-refractivity contribution in [2.45, 2.75) is 51.6 Å². The Morgan fingerprint density at radius 1 is 0.929 bits per heavy atom. The summed E-state index contributed by atoms with van der Waals surface area (Å²) >= 11 is 0. The zero-order chi connectivity index (χ0) is 29.5. The highest BCUT2D eigenvalue weighted by Crippen LogP contribution is 2.55. The molecule has 42 heavy (non-hydrogen) atoms. The average Bonchev–Trinajstić information content (AvgIpc) is 3.46. The lowest BCUT2D eigenvalue weighted by Gasteiger charge is -2.30. The van der Waals surface area contributed by atoms with Gasteiger partial charge in [-0.05, 0) is 64.1 Å². The molecule has 0 aliphatic carbocycles. The Labute approximate surface area is 244 Å². The van der Waals surface area contributed by atoms with Crippen molar-refractivity contribution in [1.82, 2.24) is 4.98 Å². The second kappa shape index (κ2) is 11.0. The van der Waals surface area contributed by atoms with E-state index in [0.717, 1.165) is 45.6 Å². The fourth-order valence-electron chi connectivity index (χ4n) is 6.24. The van der Waals surface area contributed by atoms with Crippen LogP contribution in [0.1, 0.15) is 67.4 Å². The van der Waals surface area contributed by atoms with Gasteiger partial charge in [0.05, 0.1) is 7.11 Å². The Morgan fingerprint density at radius 3 is 2.45 bits per heavy atom. The zero-order valence-corrected chi connectivity index (χ0v) is 24.0. The fraction of sp³-hybridized carbons (Fsp3) is 0.286. The molecule has 6 rings (SSSR count). The van der Waals surface area contributed by atoms with Crippen LogP contribution in [0.5, 0.6) is 28.7 Å². The highest BCUT2D eigenvalue weighted by Gasteiger charge is 2.41. The lowest BCUT2D eigenvalue weighted by Crippen LogP contribution is -2.23. The molecule has 0 spiro atoms. The highest BCUT2D eigenvalue weighted by atomic mass is 16.5. The molecule has 0 saturated carbocycles. The summed E-state index contributed by atoms with van der Waals surface area (Å²) in [5, 5.41) is 35.9. The molecule has 1 aliphatic rings. The van der Waals surface area contributed by atoms with Gasteiger partial charge in [-0.2, -0.15) is 6.20 Å². The van der Waals surface area contributed by atoms with Gasteiger partial charge in [0, 0.05) is 5.56 Å². The van der Waals surface area contributed by atoms with Crippen molar-refractivity contribution in [3.63, 3.8) is 0 Å². The lowest BCUT2D eigenvalue weighted by molar-refractivity contribution is 0.195. The Morgan fingerprint density at radius 2 is 1.71 bits per heavy atom. The molecule has 4 aromatic carbocycles. The van der Waals surface area contributed by atoms with Crippen molar-refractivity contribution in [2.24, 2.45) is 5.92 Å². The van der Waals surface area contributed by atoms with Crippen LogP contribution in [0.2, 0.25) is 0 Å². The van der Waals surface area contributed by atoms with Crippen molar-refractivity contribution < 1.29 is 29.6 Å². The van der Waals surface area contributed by atoms with Gasteiger partial charge >= 0.3 is 5.78 Å². The van der Waals surface area contributed by atoms with E-state index in [9.17, 15) is 20.1 Å². The molecule has 216 valence electrons. The molecule has 2 atom stereocenters. The maximum atomic E-state index is 11.6. The van der Waals surface area contributed by atoms with Gasteiger partial charge in [0.25, 0.3) is 0 Å². The van der Waals surface area contributed by atoms with Crippen molar-refractivity contribution in [2.75, 3.05) is 7.11 Å². The molecular formula is C35H35NO6. The molecule has 7 heteroatoms. The number of methoxy groups -OCH3 is 1. The van der Waals surface area contributed by atoms with E-state index in [1.807, 2.05) is 24.4 Å². The minimum absolute atomic E-state index is 0.0507. The first kappa shape index (κ1) is 27.5. The molecule has 5 aromatic rings. The standard InChI is InChI=1S/C35H34NO6/c1-19(2)7-8-22(17-21-5-4-6-25-24(21)13-14-27-26(25)15-16-36-27)30-32(39)35(41-3)33(40)31-28(38)18-29(42-34(30)31)20-9-11-23(37)12-10-20/h4-6,9-16,19,22,29,37H,7-8,17-18H2,1-3H3,(H2,38,39,40)/q-1/p+1. The van der Waals surface area contributed by atoms with Crippen LogP contribution >= 0.6 is 0 Å². The van der Waals surface area contributed by atoms with Gasteiger partial charge in [0.15, 0.2) is 17.1 Å². The Kier molecular flexibility index (Phi) is 7.19. The first-order valence-corrected chi connectivity index (χ1v) is 14.3. The summed E-state index contributed by atoms with van der Waals surface area (Å²) in [5.41, 5.74) is 3.47. The lowest BCUT2D eigenvalue weighted by atomic mass is 9.81. The predicted octanol–water partition coefficient (Wildman–Crippen LogP) is 7.25. The van der Waals surface area contributed by atoms with E-state index in [1.165, 1.54) is 7.11 Å². The number of aromatic nitrogens is 1. The van der Waals surface area contributed by atoms with Crippen LogP contribution in [0.3, 0.4) is 0 Å². The Bertz CT molecular complexity index is 1790. The molecule has 0 fully saturated rings. The molecule has 0 saturated heterocycles. The summed E-state index contributed by atoms with van der Waals surface area (Å²) in [4.78, 5) is 15.7. The summed E-state index contributed by atoms with van der Waals surface area (Å²) in [7, 11) is 1.39. The minimum Gasteiger partial charge on any atom is -0.664 e. The van der Waals surface area contributed by atoms with E-state index in [4.69, 9.17) is 9.47 Å². The number of ketones is 1. The van der Waals surface area contributed by atoms with Gasteiger partial charge in [-0.15, -0.1) is 5.52 Å². The third-order valence-electron chi connectivity index (χ3n) is 8.38. The number of carbonyl (C=O) groups excluding carboxylic acids is 1. The van der Waals surface area contributed by atoms with Gasteiger partial charge in [-0.25, -0.2) is 0 Å². The topological polar surface area (TPSA) is 115 Å². The number of ether oxygens (including phenoxy) is 2. The molecule has 1 aliphatic heterocycles. The van der Waals surface area contributed by atoms with E-state index in [0.29, 0.717) is 17.9 Å². The first-order chi connectivity index (χ1) is 20.3. The smallest absolute Gasteiger partial charge is 0.335 e. The monoisotopic (exact) mass is 565 g/mol. The minimum atomic E-state index is -0.578. The van der Waals surface area contributed by atoms with Crippen LogP contribution in [0, 0.1) is 5.92 Å². The molecule has 0 bridgehead atoms. The van der Waals surface area contributed by atoms with E-state index >= 15 is 0 Å². The molecule has 4 N–H and O–H groups in total. The van der Waals surface area contributed by atoms with Gasteiger partial charge in [-0.1, -0.05) is 68.8 Å². The number of benzene rings is 4. The van der Waals surface area contributed by atoms with Crippen LogP contribution in [0.25, 0.3) is 21.7 Å². The van der Waals surface area contributed by atoms with E-state index in [-0.39, 0.29) is 52.4 Å². The molecule has 1 aromatic heterocycles. The zero-order valence-electron chi connectivity index (χ0n) is 24.0. The van der Waals surface area contributed by atoms with Crippen LogP contribution in [-0.4, -0.2) is 33.0 Å². The number of hydrogen-bond acceptors (Lipinski definition) is 5. The summed E-state index contributed by atoms with van der Waals surface area (Å²) in [6.07, 6.45) is 3.57. The summed E-state index contributed by atoms with van der Waals surface area (Å²) in [6.45, 7) is 4.33. The largest absolute Gasteiger partial charge is 0.664 e. The van der Waals surface area contributed by atoms with Gasteiger partial charge in [0.2, 0.25) is 5.75 Å². The van der Waals surface area contributed by atoms with Gasteiger partial charge < -0.3 is 29.8 Å². The third-order valence-corrected chi connectivity index (χ3v) is 8.38. The van der Waals surface area contributed by atoms with Crippen LogP contribution in [0.15, 0.2) is 66.9 Å². The maximum absolute atomic E-state index is 11.6. The van der Waals surface area contributed by atoms with Crippen LogP contribution < -0.4 is 14.5 Å². The second-order valence-corrected chi connectivity index (χ2v) is 11.5. The Hall–Kier alpha value is -4.65. The maximum Gasteiger partial charge on any atom is 0.335 e. The van der Waals surface area contributed by atoms with Crippen molar-refractivity contribution in [3.05, 3.63) is 89.1 Å². The van der Waals surface area contributed by atoms with Gasteiger partial charge in [-0.3, -0.25) is 4.79 Å². The SMILES string of the molecule is COc1c(O)c2c(c(C(CCC(C)C)Cc3cccc4c3ccc3[n-]ccc34)c1O)OC(c1ccc(O)cc1)CC2=[OH+]. The molecule has 2 heterocycles. The van der Waals surface area contributed by atoms with E-state index in [1.54, 1.807) is 24.3 Å². The first-order valence-electron chi connectivity index (χ1n) is 14.3. The molecular weight excluding hydrogens is 530 g/mol.